The largest absolute Gasteiger partial charge is 0.508 e. The molecule has 1 aromatic carbocycles. The SMILES string of the molecule is O=C1COCC2(CCCN(C(=O)OCCCl)C2COC2CCC(c3cccc(O)c3)CC2)N1. The summed E-state index contributed by atoms with van der Waals surface area (Å²) in [4.78, 5) is 26.6. The number of phenols is 1. The average molecular weight is 481 g/mol. The molecular formula is C24H33ClN2O6. The Kier molecular flexibility index (Phi) is 7.98. The van der Waals surface area contributed by atoms with E-state index >= 15 is 0 Å². The number of amides is 2. The number of carbonyl (C=O) groups is 2. The minimum Gasteiger partial charge on any atom is -0.508 e. The third-order valence-corrected chi connectivity index (χ3v) is 7.21. The standard InChI is InChI=1S/C24H33ClN2O6/c25-10-12-32-23(30)27-11-2-9-24(16-31-15-22(29)26-24)21(27)14-33-20-7-5-17(6-8-20)18-3-1-4-19(28)13-18/h1,3-4,13,17,20-21,28H,2,5-12,14-16H2,(H,26,29). The number of benzene rings is 1. The number of nitrogens with zero attached hydrogens (tertiary/aromatic N) is 1. The number of likely N-dealkylation sites (tertiary alicyclic amines) is 1. The molecule has 0 bridgehead atoms. The summed E-state index contributed by atoms with van der Waals surface area (Å²) in [5.74, 6) is 0.764. The van der Waals surface area contributed by atoms with Crippen molar-refractivity contribution in [3.8, 4) is 5.75 Å². The van der Waals surface area contributed by atoms with Crippen LogP contribution < -0.4 is 5.32 Å². The van der Waals surface area contributed by atoms with E-state index in [-0.39, 0.29) is 37.1 Å². The fraction of sp³-hybridized carbons (Fsp3) is 0.667. The number of ether oxygens (including phenoxy) is 3. The van der Waals surface area contributed by atoms with Crippen molar-refractivity contribution in [2.24, 2.45) is 0 Å². The molecular weight excluding hydrogens is 448 g/mol. The van der Waals surface area contributed by atoms with Crippen LogP contribution in [0.4, 0.5) is 4.79 Å². The van der Waals surface area contributed by atoms with E-state index in [2.05, 4.69) is 11.4 Å². The van der Waals surface area contributed by atoms with Crippen molar-refractivity contribution in [3.05, 3.63) is 29.8 Å². The van der Waals surface area contributed by atoms with Crippen LogP contribution in [-0.2, 0) is 19.0 Å². The fourth-order valence-corrected chi connectivity index (χ4v) is 5.50. The summed E-state index contributed by atoms with van der Waals surface area (Å²) in [5.41, 5.74) is 0.488. The Balaban J connectivity index is 1.40. The van der Waals surface area contributed by atoms with Gasteiger partial charge in [0.25, 0.3) is 0 Å². The van der Waals surface area contributed by atoms with Crippen LogP contribution in [-0.4, -0.2) is 78.5 Å². The normalized spacial score (nSPS) is 30.2. The molecule has 2 unspecified atom stereocenters. The summed E-state index contributed by atoms with van der Waals surface area (Å²) < 4.78 is 17.2. The van der Waals surface area contributed by atoms with Crippen molar-refractivity contribution >= 4 is 23.6 Å². The molecule has 2 N–H and O–H groups in total. The number of hydrogen-bond acceptors (Lipinski definition) is 6. The zero-order valence-corrected chi connectivity index (χ0v) is 19.6. The Morgan fingerprint density at radius 2 is 2.12 bits per heavy atom. The quantitative estimate of drug-likeness (QED) is 0.607. The predicted molar refractivity (Wildman–Crippen MR) is 123 cm³/mol. The van der Waals surface area contributed by atoms with Gasteiger partial charge in [-0.15, -0.1) is 11.6 Å². The molecule has 1 aliphatic carbocycles. The number of piperidine rings is 1. The lowest BCUT2D eigenvalue weighted by atomic mass is 9.80. The van der Waals surface area contributed by atoms with Crippen molar-refractivity contribution in [2.75, 3.05) is 38.9 Å². The smallest absolute Gasteiger partial charge is 0.410 e. The Hall–Kier alpha value is -2.03. The number of aromatic hydroxyl groups is 1. The van der Waals surface area contributed by atoms with Crippen molar-refractivity contribution < 1.29 is 28.9 Å². The summed E-state index contributed by atoms with van der Waals surface area (Å²) in [7, 11) is 0. The van der Waals surface area contributed by atoms with Crippen LogP contribution in [0.15, 0.2) is 24.3 Å². The third-order valence-electron chi connectivity index (χ3n) is 7.06. The molecule has 3 aliphatic rings. The van der Waals surface area contributed by atoms with E-state index in [1.807, 2.05) is 12.1 Å². The molecule has 0 radical (unpaired) electrons. The van der Waals surface area contributed by atoms with Gasteiger partial charge in [-0.1, -0.05) is 12.1 Å². The van der Waals surface area contributed by atoms with Crippen LogP contribution in [0.5, 0.6) is 5.75 Å². The molecule has 1 aromatic rings. The number of hydrogen-bond donors (Lipinski definition) is 2. The molecule has 2 aliphatic heterocycles. The third kappa shape index (κ3) is 5.73. The first-order chi connectivity index (χ1) is 16.0. The van der Waals surface area contributed by atoms with E-state index in [9.17, 15) is 14.7 Å². The van der Waals surface area contributed by atoms with Gasteiger partial charge in [-0.2, -0.15) is 0 Å². The summed E-state index contributed by atoms with van der Waals surface area (Å²) in [6, 6.07) is 7.10. The zero-order chi connectivity index (χ0) is 23.3. The molecule has 2 saturated heterocycles. The summed E-state index contributed by atoms with van der Waals surface area (Å²) in [6.45, 7) is 1.36. The number of alkyl halides is 1. The van der Waals surface area contributed by atoms with E-state index in [1.54, 1.807) is 11.0 Å². The fourth-order valence-electron chi connectivity index (χ4n) is 5.42. The van der Waals surface area contributed by atoms with Crippen LogP contribution in [0.1, 0.15) is 50.0 Å². The van der Waals surface area contributed by atoms with Gasteiger partial charge < -0.3 is 29.5 Å². The van der Waals surface area contributed by atoms with Gasteiger partial charge in [-0.3, -0.25) is 4.79 Å². The van der Waals surface area contributed by atoms with Gasteiger partial charge in [0.05, 0.1) is 36.8 Å². The Labute approximate surface area is 199 Å². The topological polar surface area (TPSA) is 97.3 Å². The molecule has 33 heavy (non-hydrogen) atoms. The molecule has 2 amide bonds. The highest BCUT2D eigenvalue weighted by Crippen LogP contribution is 2.36. The second kappa shape index (κ2) is 10.9. The van der Waals surface area contributed by atoms with Crippen LogP contribution in [0.2, 0.25) is 0 Å². The number of carbonyl (C=O) groups excluding carboxylic acids is 2. The number of morpholine rings is 1. The van der Waals surface area contributed by atoms with Crippen LogP contribution in [0.25, 0.3) is 0 Å². The average Bonchev–Trinajstić information content (AvgIpc) is 2.82. The monoisotopic (exact) mass is 480 g/mol. The second-order valence-electron chi connectivity index (χ2n) is 9.22. The van der Waals surface area contributed by atoms with Crippen molar-refractivity contribution in [1.82, 2.24) is 10.2 Å². The maximum atomic E-state index is 12.8. The maximum absolute atomic E-state index is 12.8. The minimum atomic E-state index is -0.674. The molecule has 0 aromatic heterocycles. The Morgan fingerprint density at radius 1 is 1.30 bits per heavy atom. The molecule has 9 heteroatoms. The van der Waals surface area contributed by atoms with Crippen LogP contribution in [0.3, 0.4) is 0 Å². The van der Waals surface area contributed by atoms with Gasteiger partial charge in [-0.25, -0.2) is 4.79 Å². The molecule has 2 atom stereocenters. The first-order valence-electron chi connectivity index (χ1n) is 11.8. The van der Waals surface area contributed by atoms with Crippen LogP contribution in [0, 0.1) is 0 Å². The highest BCUT2D eigenvalue weighted by Gasteiger charge is 2.50. The Morgan fingerprint density at radius 3 is 2.85 bits per heavy atom. The lowest BCUT2D eigenvalue weighted by Crippen LogP contribution is -2.72. The van der Waals surface area contributed by atoms with E-state index < -0.39 is 11.6 Å². The van der Waals surface area contributed by atoms with Gasteiger partial charge in [-0.05, 0) is 62.1 Å². The second-order valence-corrected chi connectivity index (χ2v) is 9.59. The highest BCUT2D eigenvalue weighted by atomic mass is 35.5. The Bertz CT molecular complexity index is 827. The summed E-state index contributed by atoms with van der Waals surface area (Å²) >= 11 is 5.70. The lowest BCUT2D eigenvalue weighted by Gasteiger charge is -2.51. The van der Waals surface area contributed by atoms with Gasteiger partial charge in [0, 0.05) is 6.54 Å². The van der Waals surface area contributed by atoms with Gasteiger partial charge in [0.2, 0.25) is 5.91 Å². The first-order valence-corrected chi connectivity index (χ1v) is 12.3. The van der Waals surface area contributed by atoms with Gasteiger partial charge >= 0.3 is 6.09 Å². The number of nitrogens with one attached hydrogen (secondary N) is 1. The molecule has 1 spiro atoms. The number of rotatable bonds is 6. The van der Waals surface area contributed by atoms with Crippen molar-refractivity contribution in [3.63, 3.8) is 0 Å². The molecule has 3 fully saturated rings. The minimum absolute atomic E-state index is 0.0328. The van der Waals surface area contributed by atoms with Crippen molar-refractivity contribution in [1.29, 1.82) is 0 Å². The molecule has 1 saturated carbocycles. The molecule has 182 valence electrons. The van der Waals surface area contributed by atoms with E-state index in [0.717, 1.165) is 44.1 Å². The molecule has 4 rings (SSSR count). The number of phenolic OH excluding ortho intramolecular Hbond substituents is 1. The molecule has 8 nitrogen and oxygen atoms in total. The lowest BCUT2D eigenvalue weighted by molar-refractivity contribution is -0.144. The summed E-state index contributed by atoms with van der Waals surface area (Å²) in [6.07, 6.45) is 4.87. The first kappa shape index (κ1) is 24.1. The maximum Gasteiger partial charge on any atom is 0.410 e. The van der Waals surface area contributed by atoms with Crippen LogP contribution >= 0.6 is 11.6 Å². The van der Waals surface area contributed by atoms with E-state index in [4.69, 9.17) is 25.8 Å². The predicted octanol–water partition coefficient (Wildman–Crippen LogP) is 3.16. The summed E-state index contributed by atoms with van der Waals surface area (Å²) in [5, 5.41) is 12.9. The van der Waals surface area contributed by atoms with E-state index in [1.165, 1.54) is 0 Å². The van der Waals surface area contributed by atoms with Gasteiger partial charge in [0.15, 0.2) is 0 Å². The molecule has 2 heterocycles. The number of halogens is 1. The zero-order valence-electron chi connectivity index (χ0n) is 18.8. The van der Waals surface area contributed by atoms with Crippen molar-refractivity contribution in [2.45, 2.75) is 62.1 Å². The van der Waals surface area contributed by atoms with Gasteiger partial charge in [0.1, 0.15) is 19.0 Å². The van der Waals surface area contributed by atoms with E-state index in [0.29, 0.717) is 31.4 Å². The highest BCUT2D eigenvalue weighted by molar-refractivity contribution is 6.18.